The molecule has 1 aromatic heterocycles. The minimum absolute atomic E-state index is 0.429. The van der Waals surface area contributed by atoms with Crippen molar-refractivity contribution in [3.63, 3.8) is 0 Å². The molecule has 4 N–H and O–H groups in total. The number of carbonyl (C=O) groups excluding carboxylic acids is 1. The topological polar surface area (TPSA) is 85.0 Å². The standard InChI is InChI=1S/C12H21N5O/c1-8-10(11(13)18)12(17(2)16-8)15-7-5-9-4-3-6-14-9/h9,14-15H,3-7H2,1-2H3,(H2,13,18). The summed E-state index contributed by atoms with van der Waals surface area (Å²) in [5.74, 6) is 0.292. The summed E-state index contributed by atoms with van der Waals surface area (Å²) < 4.78 is 1.68. The lowest BCUT2D eigenvalue weighted by atomic mass is 10.1. The molecule has 1 unspecified atom stereocenters. The minimum atomic E-state index is -0.429. The van der Waals surface area contributed by atoms with Crippen LogP contribution in [0, 0.1) is 6.92 Å². The predicted octanol–water partition coefficient (Wildman–Crippen LogP) is 0.381. The highest BCUT2D eigenvalue weighted by Gasteiger charge is 2.18. The molecule has 0 radical (unpaired) electrons. The van der Waals surface area contributed by atoms with Gasteiger partial charge < -0.3 is 16.4 Å². The van der Waals surface area contributed by atoms with E-state index in [1.54, 1.807) is 11.6 Å². The number of primary amides is 1. The number of rotatable bonds is 5. The Morgan fingerprint density at radius 3 is 3.06 bits per heavy atom. The molecule has 6 nitrogen and oxygen atoms in total. The Bertz CT molecular complexity index is 434. The number of amides is 1. The van der Waals surface area contributed by atoms with Crippen LogP contribution in [0.1, 0.15) is 35.3 Å². The third kappa shape index (κ3) is 2.64. The monoisotopic (exact) mass is 251 g/mol. The van der Waals surface area contributed by atoms with Crippen molar-refractivity contribution in [3.8, 4) is 0 Å². The minimum Gasteiger partial charge on any atom is -0.370 e. The summed E-state index contributed by atoms with van der Waals surface area (Å²) in [5, 5.41) is 10.9. The number of nitrogens with two attached hydrogens (primary N) is 1. The Hall–Kier alpha value is -1.56. The number of hydrogen-bond acceptors (Lipinski definition) is 4. The van der Waals surface area contributed by atoms with Gasteiger partial charge in [0.15, 0.2) is 0 Å². The van der Waals surface area contributed by atoms with E-state index in [1.165, 1.54) is 12.8 Å². The molecule has 1 aliphatic heterocycles. The van der Waals surface area contributed by atoms with Crippen molar-refractivity contribution in [1.29, 1.82) is 0 Å². The maximum atomic E-state index is 11.4. The van der Waals surface area contributed by atoms with Crippen LogP contribution in [0.5, 0.6) is 0 Å². The summed E-state index contributed by atoms with van der Waals surface area (Å²) in [6, 6.07) is 0.587. The number of aryl methyl sites for hydroxylation is 2. The average molecular weight is 251 g/mol. The third-order valence-electron chi connectivity index (χ3n) is 3.42. The van der Waals surface area contributed by atoms with Crippen LogP contribution in [0.3, 0.4) is 0 Å². The Balaban J connectivity index is 1.97. The molecule has 0 bridgehead atoms. The summed E-state index contributed by atoms with van der Waals surface area (Å²) in [5.41, 5.74) is 6.55. The van der Waals surface area contributed by atoms with Crippen molar-refractivity contribution in [3.05, 3.63) is 11.3 Å². The van der Waals surface area contributed by atoms with Crippen molar-refractivity contribution < 1.29 is 4.79 Å². The fraction of sp³-hybridized carbons (Fsp3) is 0.667. The lowest BCUT2D eigenvalue weighted by molar-refractivity contribution is 0.100. The highest BCUT2D eigenvalue weighted by atomic mass is 16.1. The highest BCUT2D eigenvalue weighted by molar-refractivity contribution is 5.98. The van der Waals surface area contributed by atoms with Crippen LogP contribution < -0.4 is 16.4 Å². The van der Waals surface area contributed by atoms with Gasteiger partial charge in [0.25, 0.3) is 5.91 Å². The van der Waals surface area contributed by atoms with E-state index < -0.39 is 5.91 Å². The van der Waals surface area contributed by atoms with Crippen LogP contribution >= 0.6 is 0 Å². The van der Waals surface area contributed by atoms with E-state index >= 15 is 0 Å². The molecular weight excluding hydrogens is 230 g/mol. The summed E-state index contributed by atoms with van der Waals surface area (Å²) in [7, 11) is 1.82. The molecule has 100 valence electrons. The van der Waals surface area contributed by atoms with Crippen molar-refractivity contribution >= 4 is 11.7 Å². The number of hydrogen-bond donors (Lipinski definition) is 3. The molecule has 1 atom stereocenters. The van der Waals surface area contributed by atoms with Crippen LogP contribution in [0.15, 0.2) is 0 Å². The van der Waals surface area contributed by atoms with Crippen molar-refractivity contribution in [2.45, 2.75) is 32.2 Å². The van der Waals surface area contributed by atoms with Gasteiger partial charge in [-0.05, 0) is 32.7 Å². The molecule has 1 aromatic rings. The van der Waals surface area contributed by atoms with Gasteiger partial charge in [0.05, 0.1) is 5.69 Å². The lowest BCUT2D eigenvalue weighted by Crippen LogP contribution is -2.25. The van der Waals surface area contributed by atoms with Gasteiger partial charge in [-0.25, -0.2) is 0 Å². The summed E-state index contributed by atoms with van der Waals surface area (Å²) in [6.07, 6.45) is 3.53. The summed E-state index contributed by atoms with van der Waals surface area (Å²) in [4.78, 5) is 11.4. The number of anilines is 1. The highest BCUT2D eigenvalue weighted by Crippen LogP contribution is 2.18. The zero-order chi connectivity index (χ0) is 13.1. The quantitative estimate of drug-likeness (QED) is 0.706. The zero-order valence-electron chi connectivity index (χ0n) is 11.0. The van der Waals surface area contributed by atoms with Crippen molar-refractivity contribution in [2.75, 3.05) is 18.4 Å². The molecule has 0 aromatic carbocycles. The molecule has 18 heavy (non-hydrogen) atoms. The second-order valence-electron chi connectivity index (χ2n) is 4.81. The number of aromatic nitrogens is 2. The van der Waals surface area contributed by atoms with Crippen LogP contribution in [0.4, 0.5) is 5.82 Å². The van der Waals surface area contributed by atoms with E-state index in [0.29, 0.717) is 17.3 Å². The first-order chi connectivity index (χ1) is 8.59. The van der Waals surface area contributed by atoms with Gasteiger partial charge in [-0.1, -0.05) is 0 Å². The van der Waals surface area contributed by atoms with E-state index in [2.05, 4.69) is 15.7 Å². The molecule has 1 fully saturated rings. The predicted molar refractivity (Wildman–Crippen MR) is 70.6 cm³/mol. The number of nitrogens with zero attached hydrogens (tertiary/aromatic N) is 2. The Morgan fingerprint density at radius 1 is 1.67 bits per heavy atom. The van der Waals surface area contributed by atoms with E-state index in [4.69, 9.17) is 5.73 Å². The number of carbonyl (C=O) groups is 1. The molecule has 0 saturated carbocycles. The van der Waals surface area contributed by atoms with Gasteiger partial charge in [-0.2, -0.15) is 5.10 Å². The summed E-state index contributed by atoms with van der Waals surface area (Å²) >= 11 is 0. The molecule has 0 spiro atoms. The molecule has 2 rings (SSSR count). The lowest BCUT2D eigenvalue weighted by Gasteiger charge is -2.12. The van der Waals surface area contributed by atoms with Crippen LogP contribution in [0.25, 0.3) is 0 Å². The Kier molecular flexibility index (Phi) is 3.86. The first-order valence-corrected chi connectivity index (χ1v) is 6.40. The fourth-order valence-corrected chi connectivity index (χ4v) is 2.52. The summed E-state index contributed by atoms with van der Waals surface area (Å²) in [6.45, 7) is 3.72. The molecule has 6 heteroatoms. The van der Waals surface area contributed by atoms with E-state index in [1.807, 2.05) is 7.05 Å². The van der Waals surface area contributed by atoms with Gasteiger partial charge in [0.2, 0.25) is 0 Å². The second kappa shape index (κ2) is 5.39. The van der Waals surface area contributed by atoms with Crippen LogP contribution in [-0.4, -0.2) is 34.8 Å². The fourth-order valence-electron chi connectivity index (χ4n) is 2.52. The average Bonchev–Trinajstić information content (AvgIpc) is 2.87. The largest absolute Gasteiger partial charge is 0.370 e. The molecule has 1 amide bonds. The molecule has 0 aliphatic carbocycles. The van der Waals surface area contributed by atoms with E-state index in [0.717, 1.165) is 25.3 Å². The molecule has 2 heterocycles. The van der Waals surface area contributed by atoms with Gasteiger partial charge in [-0.3, -0.25) is 9.48 Å². The SMILES string of the molecule is Cc1nn(C)c(NCCC2CCCN2)c1C(N)=O. The van der Waals surface area contributed by atoms with Crippen molar-refractivity contribution in [1.82, 2.24) is 15.1 Å². The first-order valence-electron chi connectivity index (χ1n) is 6.40. The normalized spacial score (nSPS) is 19.1. The Labute approximate surface area is 107 Å². The number of nitrogens with one attached hydrogen (secondary N) is 2. The van der Waals surface area contributed by atoms with Gasteiger partial charge in [0.1, 0.15) is 11.4 Å². The smallest absolute Gasteiger partial charge is 0.254 e. The first kappa shape index (κ1) is 12.9. The van der Waals surface area contributed by atoms with Crippen LogP contribution in [-0.2, 0) is 7.05 Å². The van der Waals surface area contributed by atoms with Gasteiger partial charge in [-0.15, -0.1) is 0 Å². The van der Waals surface area contributed by atoms with Crippen LogP contribution in [0.2, 0.25) is 0 Å². The molecule has 1 saturated heterocycles. The Morgan fingerprint density at radius 2 is 2.44 bits per heavy atom. The maximum Gasteiger partial charge on any atom is 0.254 e. The second-order valence-corrected chi connectivity index (χ2v) is 4.81. The molecule has 1 aliphatic rings. The zero-order valence-corrected chi connectivity index (χ0v) is 11.0. The van der Waals surface area contributed by atoms with Gasteiger partial charge >= 0.3 is 0 Å². The third-order valence-corrected chi connectivity index (χ3v) is 3.42. The van der Waals surface area contributed by atoms with Crippen molar-refractivity contribution in [2.24, 2.45) is 12.8 Å². The molecular formula is C12H21N5O. The van der Waals surface area contributed by atoms with E-state index in [9.17, 15) is 4.79 Å². The van der Waals surface area contributed by atoms with E-state index in [-0.39, 0.29) is 0 Å². The maximum absolute atomic E-state index is 11.4. The van der Waals surface area contributed by atoms with Gasteiger partial charge in [0, 0.05) is 19.6 Å².